The summed E-state index contributed by atoms with van der Waals surface area (Å²) in [7, 11) is 0. The molecule has 0 fully saturated rings. The van der Waals surface area contributed by atoms with Crippen molar-refractivity contribution in [2.24, 2.45) is 0 Å². The van der Waals surface area contributed by atoms with Gasteiger partial charge in [0, 0.05) is 141 Å². The van der Waals surface area contributed by atoms with Crippen LogP contribution in [0.4, 0.5) is 0 Å². The Bertz CT molecular complexity index is 9810. The van der Waals surface area contributed by atoms with Crippen LogP contribution in [0.5, 0.6) is 0 Å². The molecule has 9 aromatic heterocycles. The minimum atomic E-state index is 0.623. The number of nitrogens with zero attached hydrogens (tertiary/aromatic N) is 12. The molecule has 0 radical (unpaired) electrons. The zero-order valence-electron chi connectivity index (χ0n) is 79.4. The van der Waals surface area contributed by atoms with Gasteiger partial charge in [-0.2, -0.15) is 0 Å². The molecule has 0 N–H and O–H groups in total. The fourth-order valence-corrected chi connectivity index (χ4v) is 23.7. The molecule has 15 heteroatoms. The summed E-state index contributed by atoms with van der Waals surface area (Å²) in [5.74, 6) is 5.82. The third kappa shape index (κ3) is 15.3. The molecule has 0 saturated carbocycles. The highest BCUT2D eigenvalue weighted by Crippen LogP contribution is 2.51. The molecule has 0 aliphatic heterocycles. The molecule has 0 amide bonds. The number of para-hydroxylation sites is 2. The Morgan fingerprint density at radius 3 is 0.851 bits per heavy atom. The third-order valence-corrected chi connectivity index (χ3v) is 30.5. The van der Waals surface area contributed by atoms with Crippen LogP contribution in [-0.4, -0.2) is 58.6 Å². The van der Waals surface area contributed by atoms with Crippen LogP contribution in [0.2, 0.25) is 0 Å². The summed E-state index contributed by atoms with van der Waals surface area (Å²) in [6.07, 6.45) is 0. The number of furan rings is 1. The highest BCUT2D eigenvalue weighted by Gasteiger charge is 2.27. The molecule has 0 unspecified atom stereocenters. The molecule has 0 aliphatic rings. The number of thiophene rings is 2. The lowest BCUT2D eigenvalue weighted by Gasteiger charge is -2.12. The van der Waals surface area contributed by atoms with Gasteiger partial charge in [-0.25, -0.2) is 44.9 Å². The molecule has 30 rings (SSSR count). The predicted molar refractivity (Wildman–Crippen MR) is 613 cm³/mol. The number of hydrogen-bond donors (Lipinski definition) is 0. The van der Waals surface area contributed by atoms with Crippen molar-refractivity contribution in [1.29, 1.82) is 0 Å². The largest absolute Gasteiger partial charge is 0.454 e. The molecule has 0 aliphatic carbocycles. The second kappa shape index (κ2) is 36.5. The molecule has 0 atom stereocenters. The van der Waals surface area contributed by atoms with E-state index in [1.54, 1.807) is 0 Å². The maximum Gasteiger partial charge on any atom is 0.164 e. The Morgan fingerprint density at radius 2 is 0.439 bits per heavy atom. The van der Waals surface area contributed by atoms with Crippen molar-refractivity contribution in [3.8, 4) is 142 Å². The van der Waals surface area contributed by atoms with Crippen molar-refractivity contribution >= 4 is 161 Å². The van der Waals surface area contributed by atoms with Crippen molar-refractivity contribution in [3.63, 3.8) is 0 Å². The van der Waals surface area contributed by atoms with Gasteiger partial charge in [0.15, 0.2) is 58.0 Å². The Balaban J connectivity index is 0.000000107. The lowest BCUT2D eigenvalue weighted by Crippen LogP contribution is -2.00. The first-order chi connectivity index (χ1) is 73.4. The normalized spacial score (nSPS) is 11.6. The summed E-state index contributed by atoms with van der Waals surface area (Å²) in [5.41, 5.74) is 25.2. The molecular weight excluding hydrogens is 1850 g/mol. The summed E-state index contributed by atoms with van der Waals surface area (Å²) >= 11 is 3.75. The second-order valence-corrected chi connectivity index (χ2v) is 39.0. The van der Waals surface area contributed by atoms with Gasteiger partial charge in [0.2, 0.25) is 0 Å². The first kappa shape index (κ1) is 86.4. The van der Waals surface area contributed by atoms with Gasteiger partial charge in [-0.05, 0) is 148 Å². The van der Waals surface area contributed by atoms with Crippen molar-refractivity contribution < 1.29 is 4.42 Å². The molecule has 0 saturated heterocycles. The van der Waals surface area contributed by atoms with E-state index in [0.29, 0.717) is 52.4 Å². The van der Waals surface area contributed by atoms with E-state index in [4.69, 9.17) is 49.3 Å². The first-order valence-electron chi connectivity index (χ1n) is 49.4. The third-order valence-electron chi connectivity index (χ3n) is 28.2. The monoisotopic (exact) mass is 1930 g/mol. The van der Waals surface area contributed by atoms with Gasteiger partial charge in [0.05, 0.1) is 42.5 Å². The van der Waals surface area contributed by atoms with Crippen LogP contribution in [0.15, 0.2) is 502 Å². The Kier molecular flexibility index (Phi) is 21.3. The maximum atomic E-state index is 6.63. The zero-order chi connectivity index (χ0) is 97.6. The van der Waals surface area contributed by atoms with Gasteiger partial charge in [0.1, 0.15) is 5.58 Å². The highest BCUT2D eigenvalue weighted by molar-refractivity contribution is 7.27. The summed E-state index contributed by atoms with van der Waals surface area (Å²) in [5, 5.41) is 17.4. The predicted octanol–water partition coefficient (Wildman–Crippen LogP) is 35.0. The van der Waals surface area contributed by atoms with Crippen LogP contribution in [0.25, 0.3) is 280 Å². The van der Waals surface area contributed by atoms with Crippen LogP contribution in [-0.2, 0) is 0 Å². The van der Waals surface area contributed by atoms with Crippen LogP contribution in [0.1, 0.15) is 0 Å². The molecular formula is C133H82N12OS2. The van der Waals surface area contributed by atoms with E-state index < -0.39 is 0 Å². The molecule has 0 bridgehead atoms. The van der Waals surface area contributed by atoms with Crippen molar-refractivity contribution in [2.75, 3.05) is 0 Å². The van der Waals surface area contributed by atoms with Crippen molar-refractivity contribution in [3.05, 3.63) is 497 Å². The quantitative estimate of drug-likeness (QED) is 0.103. The lowest BCUT2D eigenvalue weighted by atomic mass is 9.99. The molecule has 148 heavy (non-hydrogen) atoms. The van der Waals surface area contributed by atoms with E-state index in [-0.39, 0.29) is 0 Å². The minimum Gasteiger partial charge on any atom is -0.454 e. The maximum absolute atomic E-state index is 6.63. The number of hydrogen-bond acceptors (Lipinski definition) is 12. The molecule has 30 aromatic rings. The average molecular weight is 1930 g/mol. The highest BCUT2D eigenvalue weighted by atomic mass is 32.1. The number of benzene rings is 21. The van der Waals surface area contributed by atoms with E-state index >= 15 is 0 Å². The summed E-state index contributed by atoms with van der Waals surface area (Å²) in [6, 6.07) is 174. The standard InChI is InChI=1S/C45H28N4O.C45H28N4S.C43H26N4S/c2*1-4-12-29(13-5-1)33-22-25-35-37-26-27-38-36-18-10-11-19-40(36)50-42(38)41(37)49(39(35)28-33)34-23-20-32(21-24-34)45-47-43(30-14-6-2-7-15-30)46-44(48-45)31-16-8-3-9-17-31;1-3-13-27(14-4-1)41-44-42(28-15-5-2-6-16-28)46-43(45-41)29-23-25-30(26-24-29)47-35-21-11-9-19-33(35)37-31-17-7-8-18-32(31)38-34-20-10-12-22-36(34)48-40(38)39(37)47/h2*1-28H;1-26H. The lowest BCUT2D eigenvalue weighted by molar-refractivity contribution is 0.671. The van der Waals surface area contributed by atoms with E-state index in [1.165, 1.54) is 117 Å². The topological polar surface area (TPSA) is 144 Å². The van der Waals surface area contributed by atoms with Crippen LogP contribution in [0, 0.1) is 0 Å². The SMILES string of the molecule is c1ccc(-c2ccc3c4ccc5c6ccccc6oc5c4n(-c4ccc(-c5nc(-c6ccccc6)nc(-c6ccccc6)n5)cc4)c3c2)cc1.c1ccc(-c2ccc3c4ccc5c6ccccc6sc5c4n(-c4ccc(-c5nc(-c6ccccc6)nc(-c6ccccc6)n5)cc4)c3c2)cc1.c1ccc(-c2nc(-c3ccccc3)nc(-c3ccc(-n4c5ccccc5c5c6ccccc6c6c7ccccc7sc6c54)cc3)n2)cc1. The van der Waals surface area contributed by atoms with E-state index in [0.717, 1.165) is 111 Å². The fourth-order valence-electron chi connectivity index (χ4n) is 21.2. The van der Waals surface area contributed by atoms with Gasteiger partial charge in [0.25, 0.3) is 0 Å². The molecule has 0 spiro atoms. The first-order valence-corrected chi connectivity index (χ1v) is 51.1. The molecule has 21 aromatic carbocycles. The van der Waals surface area contributed by atoms with E-state index in [9.17, 15) is 0 Å². The van der Waals surface area contributed by atoms with Crippen molar-refractivity contribution in [2.45, 2.75) is 0 Å². The zero-order valence-corrected chi connectivity index (χ0v) is 81.1. The Labute approximate surface area is 857 Å². The molecule has 9 heterocycles. The molecule has 13 nitrogen and oxygen atoms in total. The summed E-state index contributed by atoms with van der Waals surface area (Å²) in [4.78, 5) is 44.4. The van der Waals surface area contributed by atoms with Gasteiger partial charge in [-0.1, -0.05) is 382 Å². The number of rotatable bonds is 14. The average Bonchev–Trinajstić information content (AvgIpc) is 1.50. The van der Waals surface area contributed by atoms with Crippen LogP contribution < -0.4 is 0 Å². The van der Waals surface area contributed by atoms with Crippen LogP contribution >= 0.6 is 22.7 Å². The van der Waals surface area contributed by atoms with Crippen molar-refractivity contribution in [1.82, 2.24) is 58.6 Å². The number of aromatic nitrogens is 12. The number of fused-ring (bicyclic) bond motifs is 24. The van der Waals surface area contributed by atoms with Gasteiger partial charge < -0.3 is 18.1 Å². The fraction of sp³-hybridized carbons (Fsp3) is 0. The van der Waals surface area contributed by atoms with Gasteiger partial charge >= 0.3 is 0 Å². The summed E-state index contributed by atoms with van der Waals surface area (Å²) < 4.78 is 19.0. The second-order valence-electron chi connectivity index (χ2n) is 36.9. The van der Waals surface area contributed by atoms with Crippen LogP contribution in [0.3, 0.4) is 0 Å². The Hall–Kier alpha value is -19.5. The van der Waals surface area contributed by atoms with Gasteiger partial charge in [-0.15, -0.1) is 22.7 Å². The Morgan fingerprint density at radius 1 is 0.162 bits per heavy atom. The minimum absolute atomic E-state index is 0.623. The van der Waals surface area contributed by atoms with E-state index in [1.807, 2.05) is 217 Å². The smallest absolute Gasteiger partial charge is 0.164 e. The van der Waals surface area contributed by atoms with E-state index in [2.05, 4.69) is 317 Å². The molecule has 692 valence electrons. The summed E-state index contributed by atoms with van der Waals surface area (Å²) in [6.45, 7) is 0. The van der Waals surface area contributed by atoms with Gasteiger partial charge in [-0.3, -0.25) is 0 Å².